The molecule has 0 rings (SSSR count). The van der Waals surface area contributed by atoms with Crippen molar-refractivity contribution in [1.29, 1.82) is 0 Å². The quantitative estimate of drug-likeness (QED) is 0.0261. The maximum absolute atomic E-state index is 12.9. The van der Waals surface area contributed by atoms with Crippen LogP contribution in [0.1, 0.15) is 361 Å². The first-order valence-corrected chi connectivity index (χ1v) is 33.6. The molecule has 0 aromatic carbocycles. The molecule has 0 amide bonds. The summed E-state index contributed by atoms with van der Waals surface area (Å²) in [6, 6.07) is 0. The monoisotopic (exact) mass is 1060 g/mol. The lowest BCUT2D eigenvalue weighted by molar-refractivity contribution is -0.167. The molecule has 0 aliphatic carbocycles. The van der Waals surface area contributed by atoms with Gasteiger partial charge in [-0.3, -0.25) is 14.4 Å². The molecule has 0 radical (unpaired) electrons. The maximum Gasteiger partial charge on any atom is 0.306 e. The maximum atomic E-state index is 12.9. The smallest absolute Gasteiger partial charge is 0.306 e. The van der Waals surface area contributed by atoms with Crippen molar-refractivity contribution in [2.24, 2.45) is 0 Å². The molecule has 0 aliphatic heterocycles. The average molecular weight is 1070 g/mol. The van der Waals surface area contributed by atoms with Crippen molar-refractivity contribution in [3.05, 3.63) is 48.6 Å². The van der Waals surface area contributed by atoms with Gasteiger partial charge in [-0.2, -0.15) is 0 Å². The zero-order valence-corrected chi connectivity index (χ0v) is 51.0. The van der Waals surface area contributed by atoms with Crippen LogP contribution in [-0.2, 0) is 28.6 Å². The standard InChI is InChI=1S/C70H128O6/c1-4-7-10-13-16-19-21-23-25-27-29-30-31-32-33-34-35-36-37-38-39-40-41-43-44-46-48-51-54-57-60-63-69(72)75-66-67(65-74-68(71)62-59-56-53-50-18-15-12-9-6-3)76-70(73)64-61-58-55-52-49-47-45-42-28-26-24-22-20-17-14-11-8-5-2/h21,23,26-29,31-32,67H,4-20,22,24-25,30,33-66H2,1-3H3/b23-21-,28-26-,29-27-,32-31-. The molecule has 0 bridgehead atoms. The minimum atomic E-state index is -0.772. The SMILES string of the molecule is CCCCCCC/C=C\C/C=C\C/C=C\CCCCCCCCCCCCCCCCCCC(=O)OCC(COC(=O)CCCCCCCCCCC)OC(=O)CCCCCCCCC/C=C\CCCCCCCCC. The Morgan fingerprint density at radius 3 is 0.750 bits per heavy atom. The van der Waals surface area contributed by atoms with Gasteiger partial charge in [0.25, 0.3) is 0 Å². The third kappa shape index (κ3) is 62.2. The second-order valence-corrected chi connectivity index (χ2v) is 22.7. The Balaban J connectivity index is 4.09. The van der Waals surface area contributed by atoms with Gasteiger partial charge in [0.1, 0.15) is 13.2 Å². The molecule has 0 N–H and O–H groups in total. The van der Waals surface area contributed by atoms with Crippen molar-refractivity contribution < 1.29 is 28.6 Å². The van der Waals surface area contributed by atoms with Crippen LogP contribution in [0, 0.1) is 0 Å². The number of carbonyl (C=O) groups is 3. The van der Waals surface area contributed by atoms with Crippen LogP contribution in [0.5, 0.6) is 0 Å². The Morgan fingerprint density at radius 2 is 0.474 bits per heavy atom. The van der Waals surface area contributed by atoms with Crippen molar-refractivity contribution in [2.75, 3.05) is 13.2 Å². The first-order chi connectivity index (χ1) is 37.5. The van der Waals surface area contributed by atoms with Gasteiger partial charge in [0.05, 0.1) is 0 Å². The Hall–Kier alpha value is -2.63. The fraction of sp³-hybridized carbons (Fsp3) is 0.843. The first kappa shape index (κ1) is 73.4. The van der Waals surface area contributed by atoms with Gasteiger partial charge >= 0.3 is 17.9 Å². The van der Waals surface area contributed by atoms with Gasteiger partial charge in [-0.15, -0.1) is 0 Å². The normalized spacial score (nSPS) is 12.3. The molecule has 0 aromatic rings. The van der Waals surface area contributed by atoms with Gasteiger partial charge in [-0.1, -0.05) is 307 Å². The van der Waals surface area contributed by atoms with Crippen molar-refractivity contribution in [2.45, 2.75) is 367 Å². The molecule has 6 nitrogen and oxygen atoms in total. The molecule has 0 heterocycles. The summed E-state index contributed by atoms with van der Waals surface area (Å²) in [7, 11) is 0. The number of allylic oxidation sites excluding steroid dienone is 8. The second kappa shape index (κ2) is 64.9. The highest BCUT2D eigenvalue weighted by molar-refractivity contribution is 5.71. The van der Waals surface area contributed by atoms with Gasteiger partial charge in [0, 0.05) is 19.3 Å². The van der Waals surface area contributed by atoms with Crippen molar-refractivity contribution in [3.8, 4) is 0 Å². The lowest BCUT2D eigenvalue weighted by Gasteiger charge is -2.18. The molecule has 0 fully saturated rings. The van der Waals surface area contributed by atoms with E-state index in [0.717, 1.165) is 70.6 Å². The summed E-state index contributed by atoms with van der Waals surface area (Å²) in [6.07, 6.45) is 81.4. The summed E-state index contributed by atoms with van der Waals surface area (Å²) < 4.78 is 16.9. The van der Waals surface area contributed by atoms with Gasteiger partial charge < -0.3 is 14.2 Å². The molecule has 0 aromatic heterocycles. The van der Waals surface area contributed by atoms with E-state index in [4.69, 9.17) is 14.2 Å². The van der Waals surface area contributed by atoms with Crippen LogP contribution in [0.2, 0.25) is 0 Å². The molecule has 6 heteroatoms. The van der Waals surface area contributed by atoms with Crippen LogP contribution in [-0.4, -0.2) is 37.2 Å². The van der Waals surface area contributed by atoms with E-state index >= 15 is 0 Å². The number of esters is 3. The van der Waals surface area contributed by atoms with Crippen LogP contribution in [0.25, 0.3) is 0 Å². The fourth-order valence-electron chi connectivity index (χ4n) is 9.98. The van der Waals surface area contributed by atoms with Crippen LogP contribution in [0.4, 0.5) is 0 Å². The Labute approximate surface area is 473 Å². The van der Waals surface area contributed by atoms with E-state index in [2.05, 4.69) is 69.4 Å². The van der Waals surface area contributed by atoms with E-state index in [1.165, 1.54) is 250 Å². The van der Waals surface area contributed by atoms with E-state index in [-0.39, 0.29) is 31.1 Å². The van der Waals surface area contributed by atoms with E-state index in [1.54, 1.807) is 0 Å². The minimum absolute atomic E-state index is 0.0703. The summed E-state index contributed by atoms with van der Waals surface area (Å²) >= 11 is 0. The van der Waals surface area contributed by atoms with Gasteiger partial charge in [-0.25, -0.2) is 0 Å². The fourth-order valence-corrected chi connectivity index (χ4v) is 9.98. The summed E-state index contributed by atoms with van der Waals surface area (Å²) in [5, 5.41) is 0. The Bertz CT molecular complexity index is 1310. The number of ether oxygens (including phenoxy) is 3. The van der Waals surface area contributed by atoms with Crippen molar-refractivity contribution >= 4 is 17.9 Å². The topological polar surface area (TPSA) is 78.9 Å². The minimum Gasteiger partial charge on any atom is -0.462 e. The van der Waals surface area contributed by atoms with E-state index in [9.17, 15) is 14.4 Å². The van der Waals surface area contributed by atoms with Gasteiger partial charge in [0.15, 0.2) is 6.10 Å². The summed E-state index contributed by atoms with van der Waals surface area (Å²) in [5.41, 5.74) is 0. The van der Waals surface area contributed by atoms with Crippen LogP contribution in [0.15, 0.2) is 48.6 Å². The third-order valence-electron chi connectivity index (χ3n) is 15.1. The number of rotatable bonds is 62. The zero-order valence-electron chi connectivity index (χ0n) is 51.0. The molecule has 444 valence electrons. The Morgan fingerprint density at radius 1 is 0.263 bits per heavy atom. The molecule has 76 heavy (non-hydrogen) atoms. The van der Waals surface area contributed by atoms with Crippen molar-refractivity contribution in [1.82, 2.24) is 0 Å². The number of unbranched alkanes of at least 4 members (excludes halogenated alkanes) is 43. The molecule has 1 unspecified atom stereocenters. The first-order valence-electron chi connectivity index (χ1n) is 33.6. The predicted octanol–water partition coefficient (Wildman–Crippen LogP) is 22.9. The molecule has 0 saturated heterocycles. The van der Waals surface area contributed by atoms with Gasteiger partial charge in [0.2, 0.25) is 0 Å². The molecule has 0 spiro atoms. The van der Waals surface area contributed by atoms with Gasteiger partial charge in [-0.05, 0) is 83.5 Å². The van der Waals surface area contributed by atoms with Crippen molar-refractivity contribution in [3.63, 3.8) is 0 Å². The zero-order chi connectivity index (χ0) is 55.0. The van der Waals surface area contributed by atoms with E-state index in [1.807, 2.05) is 0 Å². The van der Waals surface area contributed by atoms with E-state index in [0.29, 0.717) is 19.3 Å². The number of hydrogen-bond donors (Lipinski definition) is 0. The highest BCUT2D eigenvalue weighted by atomic mass is 16.6. The van der Waals surface area contributed by atoms with E-state index < -0.39 is 6.10 Å². The average Bonchev–Trinajstić information content (AvgIpc) is 3.42. The number of carbonyl (C=O) groups excluding carboxylic acids is 3. The Kier molecular flexibility index (Phi) is 62.6. The highest BCUT2D eigenvalue weighted by Crippen LogP contribution is 2.17. The lowest BCUT2D eigenvalue weighted by Crippen LogP contribution is -2.30. The van der Waals surface area contributed by atoms with Crippen LogP contribution in [0.3, 0.4) is 0 Å². The summed E-state index contributed by atoms with van der Waals surface area (Å²) in [5.74, 6) is -0.857. The summed E-state index contributed by atoms with van der Waals surface area (Å²) in [6.45, 7) is 6.65. The van der Waals surface area contributed by atoms with Crippen LogP contribution >= 0.6 is 0 Å². The molecule has 0 saturated carbocycles. The molecular formula is C70H128O6. The number of hydrogen-bond acceptors (Lipinski definition) is 6. The predicted molar refractivity (Wildman–Crippen MR) is 330 cm³/mol. The lowest BCUT2D eigenvalue weighted by atomic mass is 10.0. The molecule has 1 atom stereocenters. The molecular weight excluding hydrogens is 937 g/mol. The second-order valence-electron chi connectivity index (χ2n) is 22.7. The van der Waals surface area contributed by atoms with Crippen LogP contribution < -0.4 is 0 Å². The molecule has 0 aliphatic rings. The largest absolute Gasteiger partial charge is 0.462 e. The summed E-state index contributed by atoms with van der Waals surface area (Å²) in [4.78, 5) is 38.2. The third-order valence-corrected chi connectivity index (χ3v) is 15.1. The highest BCUT2D eigenvalue weighted by Gasteiger charge is 2.19.